The van der Waals surface area contributed by atoms with Crippen LogP contribution in [0.1, 0.15) is 0 Å². The van der Waals surface area contributed by atoms with Gasteiger partial charge in [0.1, 0.15) is 0 Å². The molecule has 2 rings (SSSR count). The number of rotatable bonds is 2. The van der Waals surface area contributed by atoms with Gasteiger partial charge in [-0.2, -0.15) is 0 Å². The molecule has 1 N–H and O–H groups in total. The molecule has 0 unspecified atom stereocenters. The average Bonchev–Trinajstić information content (AvgIpc) is 2.41. The highest BCUT2D eigenvalue weighted by molar-refractivity contribution is 5.97. The number of aromatic nitrogens is 2. The zero-order valence-electron chi connectivity index (χ0n) is 9.37. The summed E-state index contributed by atoms with van der Waals surface area (Å²) in [6, 6.07) is 10.7. The Kier molecular flexibility index (Phi) is 3.30. The molecule has 17 heavy (non-hydrogen) atoms. The molecule has 0 aliphatic rings. The van der Waals surface area contributed by atoms with Gasteiger partial charge in [-0.1, -0.05) is 18.2 Å². The van der Waals surface area contributed by atoms with Crippen molar-refractivity contribution in [2.24, 2.45) is 0 Å². The van der Waals surface area contributed by atoms with E-state index in [0.717, 1.165) is 5.69 Å². The number of hydrogen-bond acceptors (Lipinski definition) is 3. The number of anilines is 2. The third-order valence-corrected chi connectivity index (χ3v) is 2.18. The highest BCUT2D eigenvalue weighted by Crippen LogP contribution is 2.20. The molecule has 0 aliphatic heterocycles. The summed E-state index contributed by atoms with van der Waals surface area (Å²) in [4.78, 5) is 21.4. The Hall–Kier alpha value is -2.43. The zero-order valence-corrected chi connectivity index (χ0v) is 9.37. The van der Waals surface area contributed by atoms with Gasteiger partial charge in [0.15, 0.2) is 0 Å². The largest absolute Gasteiger partial charge is 0.340 e. The summed E-state index contributed by atoms with van der Waals surface area (Å²) in [6.45, 7) is 0. The Balaban J connectivity index is 2.43. The fourth-order valence-electron chi connectivity index (χ4n) is 1.42. The minimum atomic E-state index is -0.276. The monoisotopic (exact) mass is 228 g/mol. The number of para-hydroxylation sites is 1. The van der Waals surface area contributed by atoms with E-state index in [1.807, 2.05) is 30.3 Å². The van der Waals surface area contributed by atoms with Gasteiger partial charge in [-0.3, -0.25) is 0 Å². The van der Waals surface area contributed by atoms with E-state index in [2.05, 4.69) is 15.3 Å². The number of urea groups is 1. The van der Waals surface area contributed by atoms with Crippen LogP contribution in [-0.2, 0) is 0 Å². The molecule has 1 aromatic carbocycles. The standard InChI is InChI=1S/C12H12N4O/c1-13-12(17)16(10-6-3-2-4-7-10)11-14-8-5-9-15-11/h2-9H,1H3,(H,13,17). The van der Waals surface area contributed by atoms with Crippen LogP contribution >= 0.6 is 0 Å². The molecule has 0 spiro atoms. The first-order valence-electron chi connectivity index (χ1n) is 5.17. The maximum Gasteiger partial charge on any atom is 0.328 e. The van der Waals surface area contributed by atoms with E-state index in [4.69, 9.17) is 0 Å². The van der Waals surface area contributed by atoms with Crippen molar-refractivity contribution in [2.75, 3.05) is 11.9 Å². The summed E-state index contributed by atoms with van der Waals surface area (Å²) in [5, 5.41) is 2.57. The van der Waals surface area contributed by atoms with Gasteiger partial charge >= 0.3 is 6.03 Å². The second-order valence-electron chi connectivity index (χ2n) is 3.27. The van der Waals surface area contributed by atoms with Crippen LogP contribution in [0.3, 0.4) is 0 Å². The van der Waals surface area contributed by atoms with Crippen LogP contribution in [0.4, 0.5) is 16.4 Å². The number of amides is 2. The highest BCUT2D eigenvalue weighted by atomic mass is 16.2. The minimum absolute atomic E-state index is 0.276. The summed E-state index contributed by atoms with van der Waals surface area (Å²) >= 11 is 0. The van der Waals surface area contributed by atoms with Crippen LogP contribution in [0, 0.1) is 0 Å². The summed E-state index contributed by atoms with van der Waals surface area (Å²) in [6.07, 6.45) is 3.20. The number of hydrogen-bond donors (Lipinski definition) is 1. The summed E-state index contributed by atoms with van der Waals surface area (Å²) in [7, 11) is 1.57. The number of carbonyl (C=O) groups excluding carboxylic acids is 1. The topological polar surface area (TPSA) is 58.1 Å². The molecule has 5 nitrogen and oxygen atoms in total. The normalized spacial score (nSPS) is 9.71. The van der Waals surface area contributed by atoms with E-state index >= 15 is 0 Å². The van der Waals surface area contributed by atoms with Gasteiger partial charge in [0.2, 0.25) is 5.95 Å². The average molecular weight is 228 g/mol. The molecule has 1 aromatic heterocycles. The fraction of sp³-hybridized carbons (Fsp3) is 0.0833. The maximum atomic E-state index is 11.8. The molecule has 0 bridgehead atoms. The van der Waals surface area contributed by atoms with Crippen molar-refractivity contribution < 1.29 is 4.79 Å². The smallest absolute Gasteiger partial charge is 0.328 e. The van der Waals surface area contributed by atoms with E-state index in [1.54, 1.807) is 25.5 Å². The molecule has 0 radical (unpaired) electrons. The Morgan fingerprint density at radius 1 is 1.12 bits per heavy atom. The first kappa shape index (κ1) is 11.1. The molecule has 2 aromatic rings. The SMILES string of the molecule is CNC(=O)N(c1ccccc1)c1ncccn1. The van der Waals surface area contributed by atoms with Gasteiger partial charge in [0.05, 0.1) is 5.69 Å². The van der Waals surface area contributed by atoms with Crippen LogP contribution in [0.2, 0.25) is 0 Å². The van der Waals surface area contributed by atoms with Crippen molar-refractivity contribution in [1.29, 1.82) is 0 Å². The number of nitrogens with one attached hydrogen (secondary N) is 1. The van der Waals surface area contributed by atoms with Crippen LogP contribution in [-0.4, -0.2) is 23.0 Å². The molecule has 0 saturated carbocycles. The van der Waals surface area contributed by atoms with Gasteiger partial charge in [-0.25, -0.2) is 19.7 Å². The fourth-order valence-corrected chi connectivity index (χ4v) is 1.42. The molecule has 0 fully saturated rings. The van der Waals surface area contributed by atoms with Gasteiger partial charge in [0.25, 0.3) is 0 Å². The van der Waals surface area contributed by atoms with Crippen molar-refractivity contribution >= 4 is 17.7 Å². The van der Waals surface area contributed by atoms with Crippen LogP contribution in [0.25, 0.3) is 0 Å². The third-order valence-electron chi connectivity index (χ3n) is 2.18. The summed E-state index contributed by atoms with van der Waals surface area (Å²) < 4.78 is 0. The van der Waals surface area contributed by atoms with Gasteiger partial charge in [-0.15, -0.1) is 0 Å². The number of benzene rings is 1. The highest BCUT2D eigenvalue weighted by Gasteiger charge is 2.18. The van der Waals surface area contributed by atoms with Gasteiger partial charge < -0.3 is 5.32 Å². The molecular formula is C12H12N4O. The van der Waals surface area contributed by atoms with Crippen molar-refractivity contribution in [3.8, 4) is 0 Å². The first-order valence-corrected chi connectivity index (χ1v) is 5.17. The Morgan fingerprint density at radius 3 is 2.35 bits per heavy atom. The Morgan fingerprint density at radius 2 is 1.76 bits per heavy atom. The van der Waals surface area contributed by atoms with Crippen LogP contribution in [0.15, 0.2) is 48.8 Å². The van der Waals surface area contributed by atoms with Crippen molar-refractivity contribution in [1.82, 2.24) is 15.3 Å². The summed E-state index contributed by atoms with van der Waals surface area (Å²) in [5.41, 5.74) is 0.720. The predicted molar refractivity (Wildman–Crippen MR) is 65.1 cm³/mol. The lowest BCUT2D eigenvalue weighted by molar-refractivity contribution is 0.250. The molecule has 86 valence electrons. The van der Waals surface area contributed by atoms with Crippen LogP contribution < -0.4 is 10.2 Å². The number of carbonyl (C=O) groups is 1. The lowest BCUT2D eigenvalue weighted by Crippen LogP contribution is -2.35. The summed E-state index contributed by atoms with van der Waals surface area (Å²) in [5.74, 6) is 0.345. The minimum Gasteiger partial charge on any atom is -0.340 e. The third kappa shape index (κ3) is 2.39. The number of nitrogens with zero attached hydrogens (tertiary/aromatic N) is 3. The Bertz CT molecular complexity index is 447. The molecule has 1 heterocycles. The quantitative estimate of drug-likeness (QED) is 0.854. The zero-order chi connectivity index (χ0) is 12.1. The second kappa shape index (κ2) is 5.07. The van der Waals surface area contributed by atoms with E-state index in [0.29, 0.717) is 5.95 Å². The maximum absolute atomic E-state index is 11.8. The lowest BCUT2D eigenvalue weighted by atomic mass is 10.3. The lowest BCUT2D eigenvalue weighted by Gasteiger charge is -2.19. The van der Waals surface area contributed by atoms with Crippen LogP contribution in [0.5, 0.6) is 0 Å². The predicted octanol–water partition coefficient (Wildman–Crippen LogP) is 1.95. The molecule has 0 aliphatic carbocycles. The second-order valence-corrected chi connectivity index (χ2v) is 3.27. The van der Waals surface area contributed by atoms with Gasteiger partial charge in [0, 0.05) is 19.4 Å². The molecule has 2 amide bonds. The van der Waals surface area contributed by atoms with Crippen molar-refractivity contribution in [3.63, 3.8) is 0 Å². The molecule has 0 atom stereocenters. The van der Waals surface area contributed by atoms with Gasteiger partial charge in [-0.05, 0) is 18.2 Å². The van der Waals surface area contributed by atoms with Crippen molar-refractivity contribution in [2.45, 2.75) is 0 Å². The van der Waals surface area contributed by atoms with E-state index in [-0.39, 0.29) is 6.03 Å². The van der Waals surface area contributed by atoms with Crippen molar-refractivity contribution in [3.05, 3.63) is 48.8 Å². The first-order chi connectivity index (χ1) is 8.33. The molecule has 0 saturated heterocycles. The molecular weight excluding hydrogens is 216 g/mol. The van der Waals surface area contributed by atoms with E-state index < -0.39 is 0 Å². The molecule has 5 heteroatoms. The van der Waals surface area contributed by atoms with E-state index in [9.17, 15) is 4.79 Å². The Labute approximate surface area is 99.1 Å². The van der Waals surface area contributed by atoms with E-state index in [1.165, 1.54) is 4.90 Å².